The molecule has 0 saturated carbocycles. The van der Waals surface area contributed by atoms with E-state index in [0.717, 1.165) is 11.3 Å². The number of ether oxygens (including phenoxy) is 1. The van der Waals surface area contributed by atoms with Crippen LogP contribution in [0.2, 0.25) is 0 Å². The van der Waals surface area contributed by atoms with E-state index in [9.17, 15) is 4.79 Å². The Kier molecular flexibility index (Phi) is 2.56. The first-order chi connectivity index (χ1) is 9.22. The highest BCUT2D eigenvalue weighted by Gasteiger charge is 2.17. The normalized spacial score (nSPS) is 10.8. The summed E-state index contributed by atoms with van der Waals surface area (Å²) < 4.78 is 8.42. The number of hydrogen-bond donors (Lipinski definition) is 0. The summed E-state index contributed by atoms with van der Waals surface area (Å²) in [7, 11) is 1.37. The molecule has 0 spiro atoms. The van der Waals surface area contributed by atoms with Crippen molar-refractivity contribution in [1.82, 2.24) is 19.3 Å². The van der Waals surface area contributed by atoms with Gasteiger partial charge in [-0.15, -0.1) is 0 Å². The van der Waals surface area contributed by atoms with Crippen LogP contribution in [0, 0.1) is 6.92 Å². The maximum atomic E-state index is 11.9. The molecule has 6 nitrogen and oxygen atoms in total. The number of hydrogen-bond acceptors (Lipinski definition) is 4. The average Bonchev–Trinajstić information content (AvgIpc) is 3.03. The highest BCUT2D eigenvalue weighted by atomic mass is 16.5. The van der Waals surface area contributed by atoms with Gasteiger partial charge in [0.25, 0.3) is 0 Å². The summed E-state index contributed by atoms with van der Waals surface area (Å²) in [5, 5.41) is 0. The predicted molar refractivity (Wildman–Crippen MR) is 68.8 cm³/mol. The molecule has 96 valence electrons. The van der Waals surface area contributed by atoms with Gasteiger partial charge < -0.3 is 4.74 Å². The number of carbonyl (C=O) groups is 1. The summed E-state index contributed by atoms with van der Waals surface area (Å²) in [6.45, 7) is 1.88. The number of methoxy groups -OCH3 is 1. The SMILES string of the molecule is COC(=O)c1cccc2nc(C)n(-n3ccnc3)c12. The fraction of sp³-hybridized carbons (Fsp3) is 0.154. The first-order valence-corrected chi connectivity index (χ1v) is 5.77. The van der Waals surface area contributed by atoms with Crippen molar-refractivity contribution in [3.05, 3.63) is 48.3 Å². The Balaban J connectivity index is 2.38. The number of aryl methyl sites for hydroxylation is 1. The third-order valence-electron chi connectivity index (χ3n) is 2.94. The molecular formula is C13H12N4O2. The van der Waals surface area contributed by atoms with Gasteiger partial charge in [-0.1, -0.05) is 6.07 Å². The van der Waals surface area contributed by atoms with E-state index in [2.05, 4.69) is 9.97 Å². The van der Waals surface area contributed by atoms with Crippen molar-refractivity contribution < 1.29 is 9.53 Å². The van der Waals surface area contributed by atoms with Gasteiger partial charge in [0.15, 0.2) is 0 Å². The molecule has 0 aliphatic rings. The van der Waals surface area contributed by atoms with Crippen LogP contribution in [0.4, 0.5) is 0 Å². The zero-order valence-electron chi connectivity index (χ0n) is 10.6. The number of imidazole rings is 2. The van der Waals surface area contributed by atoms with Crippen molar-refractivity contribution in [1.29, 1.82) is 0 Å². The number of aromatic nitrogens is 4. The Morgan fingerprint density at radius 1 is 1.37 bits per heavy atom. The molecular weight excluding hydrogens is 244 g/mol. The molecule has 19 heavy (non-hydrogen) atoms. The minimum Gasteiger partial charge on any atom is -0.465 e. The van der Waals surface area contributed by atoms with Gasteiger partial charge in [-0.25, -0.2) is 24.1 Å². The van der Waals surface area contributed by atoms with E-state index in [1.165, 1.54) is 7.11 Å². The summed E-state index contributed by atoms with van der Waals surface area (Å²) in [5.74, 6) is 0.385. The lowest BCUT2D eigenvalue weighted by Gasteiger charge is -2.09. The molecule has 0 fully saturated rings. The maximum absolute atomic E-state index is 11.9. The van der Waals surface area contributed by atoms with Crippen LogP contribution in [0.5, 0.6) is 0 Å². The van der Waals surface area contributed by atoms with Gasteiger partial charge in [0.05, 0.1) is 18.2 Å². The van der Waals surface area contributed by atoms with Gasteiger partial charge in [0.2, 0.25) is 0 Å². The van der Waals surface area contributed by atoms with Crippen molar-refractivity contribution in [2.24, 2.45) is 0 Å². The molecule has 3 rings (SSSR count). The second-order valence-electron chi connectivity index (χ2n) is 4.08. The monoisotopic (exact) mass is 256 g/mol. The van der Waals surface area contributed by atoms with E-state index in [-0.39, 0.29) is 5.97 Å². The van der Waals surface area contributed by atoms with Crippen LogP contribution in [0.3, 0.4) is 0 Å². The summed E-state index contributed by atoms with van der Waals surface area (Å²) in [6.07, 6.45) is 5.12. The van der Waals surface area contributed by atoms with Crippen LogP contribution in [-0.2, 0) is 4.74 Å². The molecule has 0 bridgehead atoms. The van der Waals surface area contributed by atoms with Gasteiger partial charge >= 0.3 is 5.97 Å². The van der Waals surface area contributed by atoms with Crippen molar-refractivity contribution in [3.8, 4) is 0 Å². The van der Waals surface area contributed by atoms with Crippen LogP contribution < -0.4 is 0 Å². The molecule has 0 amide bonds. The number of para-hydroxylation sites is 1. The van der Waals surface area contributed by atoms with Crippen LogP contribution in [0.25, 0.3) is 11.0 Å². The Bertz CT molecular complexity index is 743. The predicted octanol–water partition coefficient (Wildman–Crippen LogP) is 1.64. The van der Waals surface area contributed by atoms with Crippen LogP contribution in [-0.4, -0.2) is 32.4 Å². The average molecular weight is 256 g/mol. The molecule has 0 atom stereocenters. The molecule has 6 heteroatoms. The van der Waals surface area contributed by atoms with Gasteiger partial charge in [0, 0.05) is 12.4 Å². The molecule has 1 aromatic carbocycles. The van der Waals surface area contributed by atoms with Gasteiger partial charge in [0.1, 0.15) is 17.7 Å². The number of fused-ring (bicyclic) bond motifs is 1. The van der Waals surface area contributed by atoms with Crippen molar-refractivity contribution in [2.75, 3.05) is 7.11 Å². The zero-order valence-corrected chi connectivity index (χ0v) is 10.6. The molecule has 0 aliphatic heterocycles. The summed E-state index contributed by atoms with van der Waals surface area (Å²) in [5.41, 5.74) is 1.94. The van der Waals surface area contributed by atoms with Crippen LogP contribution in [0.1, 0.15) is 16.2 Å². The summed E-state index contributed by atoms with van der Waals surface area (Å²) in [6, 6.07) is 5.38. The van der Waals surface area contributed by atoms with E-state index in [4.69, 9.17) is 4.74 Å². The maximum Gasteiger partial charge on any atom is 0.340 e. The Morgan fingerprint density at radius 3 is 2.89 bits per heavy atom. The molecule has 0 radical (unpaired) electrons. The van der Waals surface area contributed by atoms with E-state index < -0.39 is 0 Å². The number of carbonyl (C=O) groups excluding carboxylic acids is 1. The number of benzene rings is 1. The first-order valence-electron chi connectivity index (χ1n) is 5.77. The minimum absolute atomic E-state index is 0.383. The van der Waals surface area contributed by atoms with Crippen molar-refractivity contribution >= 4 is 17.0 Å². The third kappa shape index (κ3) is 1.69. The fourth-order valence-corrected chi connectivity index (χ4v) is 2.16. The Morgan fingerprint density at radius 2 is 2.21 bits per heavy atom. The van der Waals surface area contributed by atoms with Crippen LogP contribution in [0.15, 0.2) is 36.9 Å². The molecule has 2 aromatic heterocycles. The highest BCUT2D eigenvalue weighted by Crippen LogP contribution is 2.21. The second-order valence-corrected chi connectivity index (χ2v) is 4.08. The Labute approximate surface area is 109 Å². The fourth-order valence-electron chi connectivity index (χ4n) is 2.16. The van der Waals surface area contributed by atoms with Crippen LogP contribution >= 0.6 is 0 Å². The molecule has 0 N–H and O–H groups in total. The Hall–Kier alpha value is -2.63. The van der Waals surface area contributed by atoms with E-state index >= 15 is 0 Å². The smallest absolute Gasteiger partial charge is 0.340 e. The molecule has 3 aromatic rings. The van der Waals surface area contributed by atoms with Gasteiger partial charge in [-0.05, 0) is 19.1 Å². The van der Waals surface area contributed by atoms with Gasteiger partial charge in [-0.3, -0.25) is 0 Å². The largest absolute Gasteiger partial charge is 0.465 e. The summed E-state index contributed by atoms with van der Waals surface area (Å²) in [4.78, 5) is 20.3. The molecule has 2 heterocycles. The first kappa shape index (κ1) is 11.5. The summed E-state index contributed by atoms with van der Waals surface area (Å²) >= 11 is 0. The lowest BCUT2D eigenvalue weighted by atomic mass is 10.2. The molecule has 0 aliphatic carbocycles. The van der Waals surface area contributed by atoms with E-state index in [0.29, 0.717) is 11.1 Å². The number of rotatable bonds is 2. The van der Waals surface area contributed by atoms with Crippen molar-refractivity contribution in [3.63, 3.8) is 0 Å². The van der Waals surface area contributed by atoms with E-state index in [1.54, 1.807) is 35.5 Å². The number of nitrogens with zero attached hydrogens (tertiary/aromatic N) is 4. The lowest BCUT2D eigenvalue weighted by Crippen LogP contribution is -2.12. The minimum atomic E-state index is -0.383. The number of esters is 1. The highest BCUT2D eigenvalue weighted by molar-refractivity contribution is 6.02. The van der Waals surface area contributed by atoms with Crippen molar-refractivity contribution in [2.45, 2.75) is 6.92 Å². The third-order valence-corrected chi connectivity index (χ3v) is 2.94. The molecule has 0 saturated heterocycles. The van der Waals surface area contributed by atoms with Gasteiger partial charge in [-0.2, -0.15) is 0 Å². The topological polar surface area (TPSA) is 61.9 Å². The molecule has 0 unspecified atom stereocenters. The standard InChI is InChI=1S/C13H12N4O2/c1-9-15-11-5-3-4-10(13(18)19-2)12(11)17(9)16-7-6-14-8-16/h3-8H,1-2H3. The second kappa shape index (κ2) is 4.24. The van der Waals surface area contributed by atoms with E-state index in [1.807, 2.05) is 17.7 Å². The lowest BCUT2D eigenvalue weighted by molar-refractivity contribution is 0.0602. The zero-order chi connectivity index (χ0) is 13.4. The quantitative estimate of drug-likeness (QED) is 0.654.